The van der Waals surface area contributed by atoms with Crippen LogP contribution in [0.4, 0.5) is 0 Å². The highest BCUT2D eigenvalue weighted by Crippen LogP contribution is 2.27. The van der Waals surface area contributed by atoms with Crippen LogP contribution >= 0.6 is 0 Å². The van der Waals surface area contributed by atoms with Crippen molar-refractivity contribution in [3.05, 3.63) is 47.0 Å². The van der Waals surface area contributed by atoms with Crippen LogP contribution in [-0.4, -0.2) is 17.3 Å². The number of hydrogen-bond acceptors (Lipinski definition) is 2. The molecule has 2 nitrogen and oxygen atoms in total. The van der Waals surface area contributed by atoms with Gasteiger partial charge in [-0.25, -0.2) is 0 Å². The summed E-state index contributed by atoms with van der Waals surface area (Å²) in [6, 6.07) is 6.97. The highest BCUT2D eigenvalue weighted by Gasteiger charge is 2.29. The van der Waals surface area contributed by atoms with Crippen molar-refractivity contribution in [2.75, 3.05) is 6.61 Å². The Morgan fingerprint density at radius 2 is 1.88 bits per heavy atom. The third-order valence-corrected chi connectivity index (χ3v) is 5.42. The summed E-state index contributed by atoms with van der Waals surface area (Å²) in [4.78, 5) is 0. The molecule has 0 fully saturated rings. The summed E-state index contributed by atoms with van der Waals surface area (Å²) >= 11 is 0. The van der Waals surface area contributed by atoms with Crippen molar-refractivity contribution < 1.29 is 5.11 Å². The van der Waals surface area contributed by atoms with Crippen LogP contribution in [0.25, 0.3) is 0 Å². The molecule has 0 saturated heterocycles. The fourth-order valence-electron chi connectivity index (χ4n) is 3.57. The molecule has 1 aromatic carbocycles. The van der Waals surface area contributed by atoms with Crippen LogP contribution in [0.2, 0.25) is 0 Å². The van der Waals surface area contributed by atoms with Crippen LogP contribution in [0.1, 0.15) is 69.1 Å². The normalized spacial score (nSPS) is 19.6. The van der Waals surface area contributed by atoms with Crippen LogP contribution in [0.5, 0.6) is 0 Å². The van der Waals surface area contributed by atoms with Crippen LogP contribution in [0.3, 0.4) is 0 Å². The van der Waals surface area contributed by atoms with Gasteiger partial charge in [-0.2, -0.15) is 0 Å². The van der Waals surface area contributed by atoms with Crippen molar-refractivity contribution in [1.82, 2.24) is 0 Å². The number of aryl methyl sites for hydroxylation is 1. The SMILES string of the molecule is CCCCCCCCc1ccc2c(c1)CC=CC(C(C)(N)CO)C2. The Hall–Kier alpha value is -1.12. The van der Waals surface area contributed by atoms with E-state index in [1.807, 2.05) is 6.92 Å². The fraction of sp³-hybridized carbons (Fsp3) is 0.636. The van der Waals surface area contributed by atoms with Gasteiger partial charge >= 0.3 is 0 Å². The number of nitrogens with two attached hydrogens (primary N) is 1. The first-order valence-electron chi connectivity index (χ1n) is 9.74. The fourth-order valence-corrected chi connectivity index (χ4v) is 3.57. The predicted octanol–water partition coefficient (Wildman–Crippen LogP) is 4.57. The zero-order chi connectivity index (χ0) is 17.4. The zero-order valence-corrected chi connectivity index (χ0v) is 15.6. The lowest BCUT2D eigenvalue weighted by molar-refractivity contribution is 0.173. The van der Waals surface area contributed by atoms with Gasteiger partial charge in [0, 0.05) is 11.5 Å². The Balaban J connectivity index is 1.92. The number of fused-ring (bicyclic) bond motifs is 1. The summed E-state index contributed by atoms with van der Waals surface area (Å²) in [5, 5.41) is 9.55. The first-order chi connectivity index (χ1) is 11.6. The Bertz CT molecular complexity index is 533. The Labute approximate surface area is 148 Å². The number of benzene rings is 1. The minimum absolute atomic E-state index is 0.0213. The summed E-state index contributed by atoms with van der Waals surface area (Å²) in [6.45, 7) is 4.23. The van der Waals surface area contributed by atoms with Crippen LogP contribution < -0.4 is 5.73 Å². The van der Waals surface area contributed by atoms with Crippen molar-refractivity contribution in [2.24, 2.45) is 11.7 Å². The molecule has 1 aromatic rings. The van der Waals surface area contributed by atoms with E-state index < -0.39 is 5.54 Å². The second kappa shape index (κ2) is 9.39. The molecule has 2 unspecified atom stereocenters. The lowest BCUT2D eigenvalue weighted by atomic mass is 9.82. The molecular weight excluding hydrogens is 294 g/mol. The van der Waals surface area contributed by atoms with E-state index >= 15 is 0 Å². The van der Waals surface area contributed by atoms with Crippen LogP contribution in [0.15, 0.2) is 30.4 Å². The molecule has 3 N–H and O–H groups in total. The largest absolute Gasteiger partial charge is 0.394 e. The smallest absolute Gasteiger partial charge is 0.0614 e. The molecule has 0 radical (unpaired) electrons. The second-order valence-corrected chi connectivity index (χ2v) is 7.73. The summed E-state index contributed by atoms with van der Waals surface area (Å²) in [6.07, 6.45) is 15.6. The van der Waals surface area contributed by atoms with E-state index in [0.717, 1.165) is 12.8 Å². The van der Waals surface area contributed by atoms with E-state index in [-0.39, 0.29) is 12.5 Å². The molecule has 0 heterocycles. The number of aliphatic hydroxyl groups is 1. The van der Waals surface area contributed by atoms with Gasteiger partial charge in [0.15, 0.2) is 0 Å². The minimum atomic E-state index is -0.546. The molecule has 1 aliphatic carbocycles. The molecule has 1 aliphatic rings. The van der Waals surface area contributed by atoms with Gasteiger partial charge in [0.05, 0.1) is 6.61 Å². The Kier molecular flexibility index (Phi) is 7.51. The highest BCUT2D eigenvalue weighted by molar-refractivity contribution is 5.36. The molecule has 0 spiro atoms. The summed E-state index contributed by atoms with van der Waals surface area (Å²) in [5.41, 5.74) is 10.0. The molecular formula is C22H35NO. The van der Waals surface area contributed by atoms with Gasteiger partial charge < -0.3 is 10.8 Å². The Morgan fingerprint density at radius 3 is 2.62 bits per heavy atom. The van der Waals surface area contributed by atoms with Gasteiger partial charge in [-0.05, 0) is 49.3 Å². The van der Waals surface area contributed by atoms with E-state index in [2.05, 4.69) is 37.3 Å². The van der Waals surface area contributed by atoms with E-state index in [9.17, 15) is 5.11 Å². The molecule has 0 aromatic heterocycles. The van der Waals surface area contributed by atoms with E-state index in [1.165, 1.54) is 61.6 Å². The first kappa shape index (κ1) is 19.2. The number of unbranched alkanes of at least 4 members (excludes halogenated alkanes) is 5. The second-order valence-electron chi connectivity index (χ2n) is 7.73. The van der Waals surface area contributed by atoms with Gasteiger partial charge in [0.1, 0.15) is 0 Å². The third-order valence-electron chi connectivity index (χ3n) is 5.42. The molecule has 0 bridgehead atoms. The lowest BCUT2D eigenvalue weighted by Gasteiger charge is -2.30. The van der Waals surface area contributed by atoms with Crippen molar-refractivity contribution in [2.45, 2.75) is 77.2 Å². The summed E-state index contributed by atoms with van der Waals surface area (Å²) in [7, 11) is 0. The van der Waals surface area contributed by atoms with Gasteiger partial charge in [-0.15, -0.1) is 0 Å². The van der Waals surface area contributed by atoms with Gasteiger partial charge in [-0.3, -0.25) is 0 Å². The molecule has 2 atom stereocenters. The Morgan fingerprint density at radius 1 is 1.12 bits per heavy atom. The summed E-state index contributed by atoms with van der Waals surface area (Å²) in [5.74, 6) is 0.202. The lowest BCUT2D eigenvalue weighted by Crippen LogP contribution is -2.47. The maximum Gasteiger partial charge on any atom is 0.0614 e. The molecule has 0 saturated carbocycles. The third kappa shape index (κ3) is 5.46. The average molecular weight is 330 g/mol. The van der Waals surface area contributed by atoms with E-state index in [0.29, 0.717) is 0 Å². The van der Waals surface area contributed by atoms with Gasteiger partial charge in [0.2, 0.25) is 0 Å². The quantitative estimate of drug-likeness (QED) is 0.515. The first-order valence-corrected chi connectivity index (χ1v) is 9.74. The van der Waals surface area contributed by atoms with Crippen LogP contribution in [0, 0.1) is 5.92 Å². The standard InChI is InChI=1S/C22H35NO/c1-3-4-5-6-7-8-10-18-13-14-20-16-21(22(2,23)17-24)12-9-11-19(20)15-18/h9,12-15,21,24H,3-8,10-11,16-17,23H2,1-2H3. The maximum absolute atomic E-state index is 9.55. The predicted molar refractivity (Wildman–Crippen MR) is 103 cm³/mol. The van der Waals surface area contributed by atoms with Crippen molar-refractivity contribution >= 4 is 0 Å². The van der Waals surface area contributed by atoms with Crippen LogP contribution in [-0.2, 0) is 19.3 Å². The molecule has 0 aliphatic heterocycles. The van der Waals surface area contributed by atoms with Crippen molar-refractivity contribution in [3.8, 4) is 0 Å². The number of hydrogen-bond donors (Lipinski definition) is 2. The topological polar surface area (TPSA) is 46.2 Å². The van der Waals surface area contributed by atoms with Crippen molar-refractivity contribution in [3.63, 3.8) is 0 Å². The highest BCUT2D eigenvalue weighted by atomic mass is 16.3. The molecule has 134 valence electrons. The number of allylic oxidation sites excluding steroid dienone is 1. The maximum atomic E-state index is 9.55. The van der Waals surface area contributed by atoms with Gasteiger partial charge in [-0.1, -0.05) is 69.4 Å². The average Bonchev–Trinajstić information content (AvgIpc) is 2.80. The molecule has 0 amide bonds. The summed E-state index contributed by atoms with van der Waals surface area (Å²) < 4.78 is 0. The number of rotatable bonds is 9. The number of aliphatic hydroxyl groups excluding tert-OH is 1. The molecule has 24 heavy (non-hydrogen) atoms. The van der Waals surface area contributed by atoms with Gasteiger partial charge in [0.25, 0.3) is 0 Å². The molecule has 2 heteroatoms. The minimum Gasteiger partial charge on any atom is -0.394 e. The zero-order valence-electron chi connectivity index (χ0n) is 15.6. The monoisotopic (exact) mass is 329 g/mol. The van der Waals surface area contributed by atoms with Crippen molar-refractivity contribution in [1.29, 1.82) is 0 Å². The molecule has 2 rings (SSSR count). The van der Waals surface area contributed by atoms with E-state index in [4.69, 9.17) is 5.73 Å². The van der Waals surface area contributed by atoms with E-state index in [1.54, 1.807) is 0 Å².